The average molecular weight is 358 g/mol. The lowest BCUT2D eigenvalue weighted by Gasteiger charge is -2.12. The number of fused-ring (bicyclic) bond motifs is 1. The van der Waals surface area contributed by atoms with Crippen LogP contribution in [0.5, 0.6) is 0 Å². The van der Waals surface area contributed by atoms with Crippen molar-refractivity contribution in [3.05, 3.63) is 72.6 Å². The standard InChI is InChI=1S/C21H18N4O2/c1-25(2)17-8-6-14(7-9-17)20(26)23-16-5-3-4-15(12-16)21-24-18-13-22-11-10-19(18)27-21/h3-13H,1-2H3,(H,23,26). The second kappa shape index (κ2) is 6.92. The van der Waals surface area contributed by atoms with Crippen molar-refractivity contribution in [1.29, 1.82) is 0 Å². The second-order valence-corrected chi connectivity index (χ2v) is 6.34. The van der Waals surface area contributed by atoms with Crippen molar-refractivity contribution in [2.45, 2.75) is 0 Å². The van der Waals surface area contributed by atoms with Crippen molar-refractivity contribution in [2.24, 2.45) is 0 Å². The van der Waals surface area contributed by atoms with Crippen molar-refractivity contribution in [3.8, 4) is 11.5 Å². The summed E-state index contributed by atoms with van der Waals surface area (Å²) in [4.78, 5) is 23.0. The van der Waals surface area contributed by atoms with Crippen LogP contribution in [0, 0.1) is 0 Å². The lowest BCUT2D eigenvalue weighted by molar-refractivity contribution is 0.102. The maximum absolute atomic E-state index is 12.5. The number of anilines is 2. The SMILES string of the molecule is CN(C)c1ccc(C(=O)Nc2cccc(-c3nc4cnccc4o3)c2)cc1. The Kier molecular flexibility index (Phi) is 4.30. The predicted molar refractivity (Wildman–Crippen MR) is 106 cm³/mol. The van der Waals surface area contributed by atoms with Gasteiger partial charge >= 0.3 is 0 Å². The van der Waals surface area contributed by atoms with E-state index < -0.39 is 0 Å². The number of amides is 1. The highest BCUT2D eigenvalue weighted by molar-refractivity contribution is 6.04. The van der Waals surface area contributed by atoms with Gasteiger partial charge in [0.1, 0.15) is 5.52 Å². The number of rotatable bonds is 4. The third-order valence-corrected chi connectivity index (χ3v) is 4.20. The molecule has 0 saturated carbocycles. The van der Waals surface area contributed by atoms with Gasteiger partial charge in [0.15, 0.2) is 5.58 Å². The van der Waals surface area contributed by atoms with E-state index in [9.17, 15) is 4.79 Å². The molecule has 0 aliphatic rings. The Morgan fingerprint density at radius 1 is 1.07 bits per heavy atom. The van der Waals surface area contributed by atoms with Crippen molar-refractivity contribution in [3.63, 3.8) is 0 Å². The van der Waals surface area contributed by atoms with Crippen LogP contribution < -0.4 is 10.2 Å². The van der Waals surface area contributed by atoms with Gasteiger partial charge in [0.2, 0.25) is 5.89 Å². The Hall–Kier alpha value is -3.67. The predicted octanol–water partition coefficient (Wildman–Crippen LogP) is 4.21. The Balaban J connectivity index is 1.56. The van der Waals surface area contributed by atoms with Crippen LogP contribution >= 0.6 is 0 Å². The molecule has 134 valence electrons. The van der Waals surface area contributed by atoms with E-state index >= 15 is 0 Å². The van der Waals surface area contributed by atoms with Crippen molar-refractivity contribution in [1.82, 2.24) is 9.97 Å². The monoisotopic (exact) mass is 358 g/mol. The first-order chi connectivity index (χ1) is 13.1. The maximum Gasteiger partial charge on any atom is 0.255 e. The zero-order valence-corrected chi connectivity index (χ0v) is 15.0. The largest absolute Gasteiger partial charge is 0.436 e. The molecule has 2 heterocycles. The number of nitrogens with zero attached hydrogens (tertiary/aromatic N) is 3. The number of oxazole rings is 1. The van der Waals surface area contributed by atoms with Gasteiger partial charge in [-0.2, -0.15) is 0 Å². The van der Waals surface area contributed by atoms with E-state index in [2.05, 4.69) is 15.3 Å². The molecule has 2 aromatic carbocycles. The zero-order chi connectivity index (χ0) is 18.8. The molecule has 6 heteroatoms. The van der Waals surface area contributed by atoms with E-state index in [-0.39, 0.29) is 5.91 Å². The lowest BCUT2D eigenvalue weighted by atomic mass is 10.1. The van der Waals surface area contributed by atoms with Gasteiger partial charge in [-0.15, -0.1) is 0 Å². The van der Waals surface area contributed by atoms with E-state index in [1.54, 1.807) is 18.5 Å². The van der Waals surface area contributed by atoms with Crippen LogP contribution in [0.1, 0.15) is 10.4 Å². The topological polar surface area (TPSA) is 71.3 Å². The maximum atomic E-state index is 12.5. The van der Waals surface area contributed by atoms with Gasteiger partial charge in [-0.25, -0.2) is 4.98 Å². The van der Waals surface area contributed by atoms with Crippen molar-refractivity contribution >= 4 is 28.4 Å². The number of hydrogen-bond acceptors (Lipinski definition) is 5. The van der Waals surface area contributed by atoms with E-state index in [1.165, 1.54) is 0 Å². The van der Waals surface area contributed by atoms with Crippen LogP contribution in [0.25, 0.3) is 22.6 Å². The fourth-order valence-corrected chi connectivity index (χ4v) is 2.75. The molecule has 0 fully saturated rings. The molecular formula is C21H18N4O2. The second-order valence-electron chi connectivity index (χ2n) is 6.34. The summed E-state index contributed by atoms with van der Waals surface area (Å²) in [7, 11) is 3.92. The molecule has 0 radical (unpaired) electrons. The fourth-order valence-electron chi connectivity index (χ4n) is 2.75. The van der Waals surface area contributed by atoms with Crippen LogP contribution in [-0.2, 0) is 0 Å². The molecule has 0 unspecified atom stereocenters. The van der Waals surface area contributed by atoms with Crippen molar-refractivity contribution < 1.29 is 9.21 Å². The molecule has 0 saturated heterocycles. The van der Waals surface area contributed by atoms with E-state index in [4.69, 9.17) is 4.42 Å². The lowest BCUT2D eigenvalue weighted by Crippen LogP contribution is -2.13. The third kappa shape index (κ3) is 3.50. The molecule has 27 heavy (non-hydrogen) atoms. The number of benzene rings is 2. The van der Waals surface area contributed by atoms with E-state index in [0.717, 1.165) is 11.3 Å². The van der Waals surface area contributed by atoms with Crippen LogP contribution in [-0.4, -0.2) is 30.0 Å². The summed E-state index contributed by atoms with van der Waals surface area (Å²) in [5, 5.41) is 2.92. The molecule has 1 N–H and O–H groups in total. The van der Waals surface area contributed by atoms with Gasteiger partial charge in [-0.1, -0.05) is 6.07 Å². The fraction of sp³-hybridized carbons (Fsp3) is 0.0952. The number of carbonyl (C=O) groups excluding carboxylic acids is 1. The summed E-state index contributed by atoms with van der Waals surface area (Å²) in [6.45, 7) is 0. The normalized spacial score (nSPS) is 10.7. The summed E-state index contributed by atoms with van der Waals surface area (Å²) < 4.78 is 5.77. The minimum absolute atomic E-state index is 0.167. The molecule has 0 spiro atoms. The van der Waals surface area contributed by atoms with E-state index in [0.29, 0.717) is 28.2 Å². The molecule has 1 amide bonds. The first kappa shape index (κ1) is 16.8. The number of hydrogen-bond donors (Lipinski definition) is 1. The Labute approximate surface area is 156 Å². The average Bonchev–Trinajstić information content (AvgIpc) is 3.12. The van der Waals surface area contributed by atoms with Gasteiger partial charge in [0.25, 0.3) is 5.91 Å². The first-order valence-electron chi connectivity index (χ1n) is 8.50. The van der Waals surface area contributed by atoms with Crippen LogP contribution in [0.2, 0.25) is 0 Å². The molecule has 4 aromatic rings. The molecule has 0 aliphatic heterocycles. The summed E-state index contributed by atoms with van der Waals surface area (Å²) in [5.41, 5.74) is 4.47. The van der Waals surface area contributed by atoms with Crippen molar-refractivity contribution in [2.75, 3.05) is 24.3 Å². The van der Waals surface area contributed by atoms with Gasteiger partial charge in [0.05, 0.1) is 6.20 Å². The minimum atomic E-state index is -0.167. The summed E-state index contributed by atoms with van der Waals surface area (Å²) in [5.74, 6) is 0.323. The third-order valence-electron chi connectivity index (χ3n) is 4.20. The zero-order valence-electron chi connectivity index (χ0n) is 15.0. The van der Waals surface area contributed by atoms with Gasteiger partial charge < -0.3 is 14.6 Å². The summed E-state index contributed by atoms with van der Waals surface area (Å²) >= 11 is 0. The molecule has 6 nitrogen and oxygen atoms in total. The highest BCUT2D eigenvalue weighted by Gasteiger charge is 2.11. The first-order valence-corrected chi connectivity index (χ1v) is 8.50. The highest BCUT2D eigenvalue weighted by Crippen LogP contribution is 2.26. The van der Waals surface area contributed by atoms with Crippen LogP contribution in [0.4, 0.5) is 11.4 Å². The molecule has 4 rings (SSSR count). The Morgan fingerprint density at radius 2 is 1.89 bits per heavy atom. The van der Waals surface area contributed by atoms with Gasteiger partial charge in [-0.3, -0.25) is 9.78 Å². The Morgan fingerprint density at radius 3 is 2.63 bits per heavy atom. The van der Waals surface area contributed by atoms with Crippen LogP contribution in [0.3, 0.4) is 0 Å². The minimum Gasteiger partial charge on any atom is -0.436 e. The molecule has 0 aliphatic carbocycles. The smallest absolute Gasteiger partial charge is 0.255 e. The van der Waals surface area contributed by atoms with E-state index in [1.807, 2.05) is 67.5 Å². The van der Waals surface area contributed by atoms with Gasteiger partial charge in [-0.05, 0) is 42.5 Å². The molecule has 0 bridgehead atoms. The number of pyridine rings is 1. The molecular weight excluding hydrogens is 340 g/mol. The van der Waals surface area contributed by atoms with Gasteiger partial charge in [0, 0.05) is 48.9 Å². The number of carbonyl (C=O) groups is 1. The quantitative estimate of drug-likeness (QED) is 0.592. The molecule has 0 atom stereocenters. The summed E-state index contributed by atoms with van der Waals surface area (Å²) in [6.07, 6.45) is 3.32. The highest BCUT2D eigenvalue weighted by atomic mass is 16.3. The van der Waals surface area contributed by atoms with Crippen LogP contribution in [0.15, 0.2) is 71.4 Å². The molecule has 2 aromatic heterocycles. The Bertz CT molecular complexity index is 1070. The summed E-state index contributed by atoms with van der Waals surface area (Å²) in [6, 6.07) is 16.6. The number of nitrogens with one attached hydrogen (secondary N) is 1. The number of aromatic nitrogens is 2.